The maximum atomic E-state index is 10.7. The van der Waals surface area contributed by atoms with Crippen LogP contribution in [0.15, 0.2) is 24.4 Å². The summed E-state index contributed by atoms with van der Waals surface area (Å²) in [5, 5.41) is 19.1. The molecule has 3 heterocycles. The van der Waals surface area contributed by atoms with E-state index < -0.39 is 0 Å². The number of hydrogen-bond donors (Lipinski definition) is 2. The molecule has 0 amide bonds. The molecule has 1 saturated heterocycles. The predicted molar refractivity (Wildman–Crippen MR) is 115 cm³/mol. The fourth-order valence-corrected chi connectivity index (χ4v) is 4.01. The molecule has 1 aliphatic rings. The van der Waals surface area contributed by atoms with E-state index in [9.17, 15) is 5.11 Å². The summed E-state index contributed by atoms with van der Waals surface area (Å²) in [4.78, 5) is 13.4. The molecule has 2 N–H and O–H groups in total. The molecule has 0 atom stereocenters. The van der Waals surface area contributed by atoms with Crippen molar-refractivity contribution < 1.29 is 5.11 Å². The summed E-state index contributed by atoms with van der Waals surface area (Å²) >= 11 is 12.5. The Kier molecular flexibility index (Phi) is 6.05. The van der Waals surface area contributed by atoms with Crippen LogP contribution >= 0.6 is 23.2 Å². The lowest BCUT2D eigenvalue weighted by Crippen LogP contribution is -2.44. The van der Waals surface area contributed by atoms with Gasteiger partial charge in [-0.3, -0.25) is 0 Å². The molecule has 8 nitrogen and oxygen atoms in total. The van der Waals surface area contributed by atoms with E-state index >= 15 is 0 Å². The van der Waals surface area contributed by atoms with Crippen molar-refractivity contribution in [1.82, 2.24) is 29.4 Å². The van der Waals surface area contributed by atoms with E-state index in [-0.39, 0.29) is 5.88 Å². The van der Waals surface area contributed by atoms with Gasteiger partial charge in [0.15, 0.2) is 0 Å². The maximum Gasteiger partial charge on any atom is 0.257 e. The van der Waals surface area contributed by atoms with Crippen molar-refractivity contribution in [2.45, 2.75) is 6.42 Å². The molecule has 1 aromatic carbocycles. The number of halogens is 2. The first kappa shape index (κ1) is 20.2. The minimum atomic E-state index is -0.108. The minimum Gasteiger partial charge on any atom is -0.493 e. The summed E-state index contributed by atoms with van der Waals surface area (Å²) in [6.45, 7) is 6.22. The number of aromatic hydroxyl groups is 1. The topological polar surface area (TPSA) is 81.8 Å². The predicted octanol–water partition coefficient (Wildman–Crippen LogP) is 2.85. The minimum absolute atomic E-state index is 0.108. The first-order chi connectivity index (χ1) is 14.0. The van der Waals surface area contributed by atoms with Gasteiger partial charge in [0.25, 0.3) is 5.78 Å². The number of aromatic nitrogens is 4. The molecule has 0 unspecified atom stereocenters. The second kappa shape index (κ2) is 8.71. The first-order valence-corrected chi connectivity index (χ1v) is 10.3. The average Bonchev–Trinajstić information content (AvgIpc) is 3.12. The van der Waals surface area contributed by atoms with Crippen molar-refractivity contribution >= 4 is 34.9 Å². The summed E-state index contributed by atoms with van der Waals surface area (Å²) < 4.78 is 1.29. The van der Waals surface area contributed by atoms with Crippen LogP contribution in [0.4, 0.5) is 5.95 Å². The molecule has 0 spiro atoms. The van der Waals surface area contributed by atoms with E-state index in [1.54, 1.807) is 18.2 Å². The number of hydrogen-bond acceptors (Lipinski definition) is 7. The van der Waals surface area contributed by atoms with Gasteiger partial charge < -0.3 is 20.2 Å². The summed E-state index contributed by atoms with van der Waals surface area (Å²) in [7, 11) is 2.16. The summed E-state index contributed by atoms with van der Waals surface area (Å²) in [5.74, 6) is 0.618. The number of likely N-dealkylation sites (N-methyl/N-ethyl adjacent to an activating group) is 1. The van der Waals surface area contributed by atoms with Crippen LogP contribution < -0.4 is 5.32 Å². The number of nitrogens with one attached hydrogen (secondary N) is 1. The second-order valence-corrected chi connectivity index (χ2v) is 7.98. The molecule has 0 saturated carbocycles. The Morgan fingerprint density at radius 1 is 1.14 bits per heavy atom. The quantitative estimate of drug-likeness (QED) is 0.575. The number of nitrogens with zero attached hydrogens (tertiary/aromatic N) is 6. The molecular formula is C19H23Cl2N7O. The van der Waals surface area contributed by atoms with Gasteiger partial charge in [0.1, 0.15) is 0 Å². The Hall–Kier alpha value is -2.13. The SMILES string of the molecule is CN1CCN(CCCNc2nc3ncc(-c4c(Cl)cccc4Cl)c(O)n3n2)CC1. The second-order valence-electron chi connectivity index (χ2n) is 7.16. The molecule has 2 aromatic heterocycles. The van der Waals surface area contributed by atoms with Gasteiger partial charge in [-0.1, -0.05) is 29.3 Å². The van der Waals surface area contributed by atoms with Gasteiger partial charge >= 0.3 is 0 Å². The Bertz CT molecular complexity index is 981. The largest absolute Gasteiger partial charge is 0.493 e. The van der Waals surface area contributed by atoms with Gasteiger partial charge in [-0.15, -0.1) is 5.10 Å². The Morgan fingerprint density at radius 3 is 2.59 bits per heavy atom. The number of anilines is 1. The van der Waals surface area contributed by atoms with Gasteiger partial charge in [0.05, 0.1) is 15.6 Å². The van der Waals surface area contributed by atoms with E-state index in [0.717, 1.165) is 45.7 Å². The molecule has 0 bridgehead atoms. The first-order valence-electron chi connectivity index (χ1n) is 9.57. The Labute approximate surface area is 179 Å². The fraction of sp³-hybridized carbons (Fsp3) is 0.421. The normalized spacial score (nSPS) is 15.8. The molecule has 4 rings (SSSR count). The Morgan fingerprint density at radius 2 is 1.86 bits per heavy atom. The molecular weight excluding hydrogens is 413 g/mol. The van der Waals surface area contributed by atoms with Crippen LogP contribution in [-0.2, 0) is 0 Å². The van der Waals surface area contributed by atoms with Crippen molar-refractivity contribution in [3.63, 3.8) is 0 Å². The van der Waals surface area contributed by atoms with E-state index in [4.69, 9.17) is 23.2 Å². The van der Waals surface area contributed by atoms with E-state index in [1.165, 1.54) is 10.7 Å². The zero-order valence-electron chi connectivity index (χ0n) is 16.1. The fourth-order valence-electron chi connectivity index (χ4n) is 3.40. The van der Waals surface area contributed by atoms with Crippen LogP contribution in [0, 0.1) is 0 Å². The molecule has 29 heavy (non-hydrogen) atoms. The lowest BCUT2D eigenvalue weighted by Gasteiger charge is -2.32. The van der Waals surface area contributed by atoms with Crippen molar-refractivity contribution in [2.24, 2.45) is 0 Å². The highest BCUT2D eigenvalue weighted by molar-refractivity contribution is 6.39. The average molecular weight is 436 g/mol. The van der Waals surface area contributed by atoms with Gasteiger partial charge in [-0.25, -0.2) is 4.98 Å². The highest BCUT2D eigenvalue weighted by Gasteiger charge is 2.18. The highest BCUT2D eigenvalue weighted by Crippen LogP contribution is 2.38. The van der Waals surface area contributed by atoms with Gasteiger partial charge in [0.2, 0.25) is 11.8 Å². The third-order valence-electron chi connectivity index (χ3n) is 5.10. The molecule has 0 radical (unpaired) electrons. The lowest BCUT2D eigenvalue weighted by atomic mass is 10.1. The van der Waals surface area contributed by atoms with Crippen molar-refractivity contribution in [3.05, 3.63) is 34.4 Å². The van der Waals surface area contributed by atoms with Crippen molar-refractivity contribution in [2.75, 3.05) is 51.6 Å². The van der Waals surface area contributed by atoms with E-state index in [1.807, 2.05) is 0 Å². The van der Waals surface area contributed by atoms with Gasteiger partial charge in [-0.05, 0) is 32.1 Å². The van der Waals surface area contributed by atoms with Crippen molar-refractivity contribution in [3.8, 4) is 17.0 Å². The molecule has 154 valence electrons. The van der Waals surface area contributed by atoms with Crippen molar-refractivity contribution in [1.29, 1.82) is 0 Å². The third kappa shape index (κ3) is 4.40. The highest BCUT2D eigenvalue weighted by atomic mass is 35.5. The molecule has 1 fully saturated rings. The van der Waals surface area contributed by atoms with Crippen LogP contribution in [-0.4, -0.2) is 80.8 Å². The van der Waals surface area contributed by atoms with Crippen LogP contribution in [0.1, 0.15) is 6.42 Å². The van der Waals surface area contributed by atoms with Crippen LogP contribution in [0.5, 0.6) is 5.88 Å². The van der Waals surface area contributed by atoms with Gasteiger partial charge in [-0.2, -0.15) is 9.50 Å². The molecule has 10 heteroatoms. The molecule has 3 aromatic rings. The lowest BCUT2D eigenvalue weighted by molar-refractivity contribution is 0.154. The Balaban J connectivity index is 1.44. The number of piperazine rings is 1. The summed E-state index contributed by atoms with van der Waals surface area (Å²) in [6, 6.07) is 5.17. The van der Waals surface area contributed by atoms with E-state index in [0.29, 0.717) is 32.9 Å². The smallest absolute Gasteiger partial charge is 0.257 e. The maximum absolute atomic E-state index is 10.7. The number of benzene rings is 1. The monoisotopic (exact) mass is 435 g/mol. The molecule has 0 aliphatic carbocycles. The third-order valence-corrected chi connectivity index (χ3v) is 5.73. The summed E-state index contributed by atoms with van der Waals surface area (Å²) in [5.41, 5.74) is 0.916. The van der Waals surface area contributed by atoms with Crippen LogP contribution in [0.2, 0.25) is 10.0 Å². The number of rotatable bonds is 6. The number of fused-ring (bicyclic) bond motifs is 1. The standard InChI is InChI=1S/C19H23Cl2N7O/c1-26-8-10-27(11-9-26)7-3-6-22-18-24-19-23-12-13(17(29)28(19)25-18)16-14(20)4-2-5-15(16)21/h2,4-5,12,29H,3,6-11H2,1H3,(H,22,25). The summed E-state index contributed by atoms with van der Waals surface area (Å²) in [6.07, 6.45) is 2.49. The van der Waals surface area contributed by atoms with E-state index in [2.05, 4.69) is 37.2 Å². The van der Waals surface area contributed by atoms with Crippen LogP contribution in [0.25, 0.3) is 16.9 Å². The zero-order valence-corrected chi connectivity index (χ0v) is 17.7. The van der Waals surface area contributed by atoms with Gasteiger partial charge in [0, 0.05) is 44.5 Å². The van der Waals surface area contributed by atoms with Crippen LogP contribution in [0.3, 0.4) is 0 Å². The molecule has 1 aliphatic heterocycles. The zero-order chi connectivity index (χ0) is 20.4.